The maximum absolute atomic E-state index is 14.5. The zero-order valence-electron chi connectivity index (χ0n) is 25.3. The van der Waals surface area contributed by atoms with E-state index < -0.39 is 57.2 Å². The van der Waals surface area contributed by atoms with Crippen molar-refractivity contribution >= 4 is 23.7 Å². The Bertz CT molecular complexity index is 1450. The summed E-state index contributed by atoms with van der Waals surface area (Å²) < 4.78 is 39.6. The molecule has 1 N–H and O–H groups in total. The first-order chi connectivity index (χ1) is 19.2. The van der Waals surface area contributed by atoms with E-state index in [2.05, 4.69) is 39.1 Å². The summed E-state index contributed by atoms with van der Waals surface area (Å²) >= 11 is 0. The molecule has 0 bridgehead atoms. The summed E-state index contributed by atoms with van der Waals surface area (Å²) in [5.74, 6) is -2.13. The lowest BCUT2D eigenvalue weighted by atomic mass is 9.33. The van der Waals surface area contributed by atoms with Gasteiger partial charge in [0.15, 0.2) is 11.6 Å². The van der Waals surface area contributed by atoms with Gasteiger partial charge in [-0.05, 0) is 92.6 Å². The summed E-state index contributed by atoms with van der Waals surface area (Å²) in [5.41, 5.74) is -3.57. The molecule has 42 heavy (non-hydrogen) atoms. The fraction of sp³-hybridized carbons (Fsp3) is 0.727. The van der Waals surface area contributed by atoms with Crippen molar-refractivity contribution in [2.75, 3.05) is 0 Å². The van der Waals surface area contributed by atoms with Gasteiger partial charge in [0.05, 0.1) is 16.5 Å². The Balaban J connectivity index is 1.49. The van der Waals surface area contributed by atoms with Crippen molar-refractivity contribution in [1.82, 2.24) is 5.32 Å². The van der Waals surface area contributed by atoms with Gasteiger partial charge in [0.1, 0.15) is 12.5 Å². The minimum atomic E-state index is -4.61. The molecule has 0 radical (unpaired) electrons. The molecule has 1 heterocycles. The van der Waals surface area contributed by atoms with Gasteiger partial charge < -0.3 is 5.32 Å². The van der Waals surface area contributed by atoms with Gasteiger partial charge >= 0.3 is 6.18 Å². The van der Waals surface area contributed by atoms with Crippen LogP contribution in [0.1, 0.15) is 92.9 Å². The van der Waals surface area contributed by atoms with E-state index in [9.17, 15) is 32.8 Å². The number of nitrogens with zero attached hydrogens (tertiary/aromatic N) is 2. The SMILES string of the molecule is CC1(C)CC[C@]2(NC(=O)CC(F)(F)F)CC[C@]3(C)C(C(=O)C=C4[C@@]5(C)C=C(C#N)C(=O)[C@@]6(C)C=N[C@]65CC[C@]43C)C2C1. The number of aliphatic imine (C=N–C) groups is 1. The summed E-state index contributed by atoms with van der Waals surface area (Å²) in [6.07, 6.45) is 3.29. The van der Waals surface area contributed by atoms with Crippen LogP contribution < -0.4 is 5.32 Å². The van der Waals surface area contributed by atoms with Gasteiger partial charge in [-0.1, -0.05) is 33.8 Å². The Hall–Kier alpha value is -2.76. The number of hydrogen-bond donors (Lipinski definition) is 1. The number of amides is 1. The topological polar surface area (TPSA) is 99.4 Å². The first kappa shape index (κ1) is 29.3. The van der Waals surface area contributed by atoms with Crippen molar-refractivity contribution in [2.45, 2.75) is 110 Å². The standard InChI is InChI=1S/C33H40F3N3O3/c1-26(2)7-10-31(39-23(41)16-33(34,35)36)11-8-28(4)24(20(31)15-26)21(40)13-22-27(28,3)9-12-32-29(22,5)14-19(17-37)25(42)30(32,6)18-38-32/h13-14,18,20,24H,7-12,15-16H2,1-6H3,(H,39,41)/t20?,24?,27-,28-,29-,30-,31+,32+/m1/s1. The lowest BCUT2D eigenvalue weighted by molar-refractivity contribution is -0.171. The van der Waals surface area contributed by atoms with Crippen LogP contribution in [-0.4, -0.2) is 40.9 Å². The second-order valence-corrected chi connectivity index (χ2v) is 15.7. The number of alkyl halides is 3. The molecule has 9 heteroatoms. The summed E-state index contributed by atoms with van der Waals surface area (Å²) in [7, 11) is 0. The summed E-state index contributed by atoms with van der Waals surface area (Å²) in [6, 6.07) is 2.11. The number of Topliss-reactive ketones (excluding diaryl/α,β-unsaturated/α-hetero) is 1. The van der Waals surface area contributed by atoms with Gasteiger partial charge in [-0.25, -0.2) is 0 Å². The maximum atomic E-state index is 14.5. The summed E-state index contributed by atoms with van der Waals surface area (Å²) in [6.45, 7) is 12.5. The molecule has 1 spiro atoms. The van der Waals surface area contributed by atoms with Crippen LogP contribution in [0.2, 0.25) is 0 Å². The van der Waals surface area contributed by atoms with E-state index in [4.69, 9.17) is 4.99 Å². The number of halogens is 3. The lowest BCUT2D eigenvalue weighted by Crippen LogP contribution is -2.74. The summed E-state index contributed by atoms with van der Waals surface area (Å²) in [5, 5.41) is 12.8. The van der Waals surface area contributed by atoms with Gasteiger partial charge in [0, 0.05) is 23.1 Å². The van der Waals surface area contributed by atoms with Crippen molar-refractivity contribution in [1.29, 1.82) is 5.26 Å². The molecule has 1 aliphatic heterocycles. The molecule has 226 valence electrons. The molecule has 2 unspecified atom stereocenters. The van der Waals surface area contributed by atoms with Crippen LogP contribution >= 0.6 is 0 Å². The third-order valence-corrected chi connectivity index (χ3v) is 13.2. The number of ketones is 2. The number of rotatable bonds is 2. The maximum Gasteiger partial charge on any atom is 0.397 e. The van der Waals surface area contributed by atoms with Gasteiger partial charge in [0.2, 0.25) is 5.91 Å². The van der Waals surface area contributed by atoms with E-state index in [0.29, 0.717) is 38.5 Å². The van der Waals surface area contributed by atoms with Crippen molar-refractivity contribution in [3.8, 4) is 6.07 Å². The van der Waals surface area contributed by atoms with Gasteiger partial charge in [-0.3, -0.25) is 19.4 Å². The molecule has 3 fully saturated rings. The van der Waals surface area contributed by atoms with E-state index in [1.54, 1.807) is 18.4 Å². The smallest absolute Gasteiger partial charge is 0.350 e. The quantitative estimate of drug-likeness (QED) is 0.418. The molecule has 0 aromatic carbocycles. The molecule has 3 saturated carbocycles. The number of allylic oxidation sites excluding steroid dienone is 2. The third kappa shape index (κ3) is 3.38. The van der Waals surface area contributed by atoms with Crippen molar-refractivity contribution < 1.29 is 27.6 Å². The lowest BCUT2D eigenvalue weighted by Gasteiger charge is -2.72. The monoisotopic (exact) mass is 583 g/mol. The average molecular weight is 584 g/mol. The second kappa shape index (κ2) is 8.24. The van der Waals surface area contributed by atoms with Gasteiger partial charge in [-0.2, -0.15) is 18.4 Å². The predicted octanol–water partition coefficient (Wildman–Crippen LogP) is 6.21. The first-order valence-corrected chi connectivity index (χ1v) is 15.1. The Morgan fingerprint density at radius 1 is 1.02 bits per heavy atom. The highest BCUT2D eigenvalue weighted by atomic mass is 19.4. The Morgan fingerprint density at radius 2 is 1.69 bits per heavy atom. The van der Waals surface area contributed by atoms with Crippen LogP contribution in [0.15, 0.2) is 28.3 Å². The minimum Gasteiger partial charge on any atom is -0.350 e. The highest BCUT2D eigenvalue weighted by Crippen LogP contribution is 2.76. The Morgan fingerprint density at radius 3 is 2.29 bits per heavy atom. The number of carbonyl (C=O) groups is 3. The third-order valence-electron chi connectivity index (χ3n) is 13.2. The number of nitrogens with one attached hydrogen (secondary N) is 1. The molecule has 0 aromatic rings. The van der Waals surface area contributed by atoms with Crippen molar-refractivity contribution in [3.63, 3.8) is 0 Å². The molecule has 6 rings (SSSR count). The highest BCUT2D eigenvalue weighted by Gasteiger charge is 2.76. The predicted molar refractivity (Wildman–Crippen MR) is 150 cm³/mol. The normalized spacial score (nSPS) is 46.8. The molecule has 5 aliphatic carbocycles. The van der Waals surface area contributed by atoms with E-state index in [0.717, 1.165) is 12.0 Å². The van der Waals surface area contributed by atoms with Gasteiger partial charge in [-0.15, -0.1) is 0 Å². The largest absolute Gasteiger partial charge is 0.397 e. The van der Waals surface area contributed by atoms with Crippen LogP contribution in [0.3, 0.4) is 0 Å². The number of hydrogen-bond acceptors (Lipinski definition) is 5. The second-order valence-electron chi connectivity index (χ2n) is 15.7. The summed E-state index contributed by atoms with van der Waals surface area (Å²) in [4.78, 5) is 45.5. The Labute approximate surface area is 245 Å². The zero-order chi connectivity index (χ0) is 30.9. The van der Waals surface area contributed by atoms with Crippen LogP contribution in [-0.2, 0) is 14.4 Å². The number of carbonyl (C=O) groups excluding carboxylic acids is 3. The van der Waals surface area contributed by atoms with Gasteiger partial charge in [0.25, 0.3) is 0 Å². The Kier molecular flexibility index (Phi) is 5.75. The fourth-order valence-electron chi connectivity index (χ4n) is 10.7. The highest BCUT2D eigenvalue weighted by molar-refractivity contribution is 6.16. The molecule has 6 nitrogen and oxygen atoms in total. The van der Waals surface area contributed by atoms with Crippen molar-refractivity contribution in [2.24, 2.45) is 43.9 Å². The molecular formula is C33H40F3N3O3. The molecule has 0 aromatic heterocycles. The minimum absolute atomic E-state index is 0.0751. The van der Waals surface area contributed by atoms with Crippen LogP contribution in [0.5, 0.6) is 0 Å². The van der Waals surface area contributed by atoms with E-state index >= 15 is 0 Å². The van der Waals surface area contributed by atoms with Crippen LogP contribution in [0, 0.1) is 50.2 Å². The molecule has 6 aliphatic rings. The number of fused-ring (bicyclic) bond motifs is 6. The fourth-order valence-corrected chi connectivity index (χ4v) is 10.7. The molecular weight excluding hydrogens is 543 g/mol. The number of nitriles is 1. The first-order valence-electron chi connectivity index (χ1n) is 15.1. The average Bonchev–Trinajstić information content (AvgIpc) is 2.86. The molecule has 8 atom stereocenters. The molecule has 0 saturated heterocycles. The van der Waals surface area contributed by atoms with E-state index in [1.807, 2.05) is 13.8 Å². The van der Waals surface area contributed by atoms with E-state index in [-0.39, 0.29) is 28.5 Å². The molecule has 1 amide bonds. The van der Waals surface area contributed by atoms with E-state index in [1.165, 1.54) is 0 Å². The van der Waals surface area contributed by atoms with Crippen LogP contribution in [0.4, 0.5) is 13.2 Å². The zero-order valence-corrected chi connectivity index (χ0v) is 25.3. The van der Waals surface area contributed by atoms with Crippen LogP contribution in [0.25, 0.3) is 0 Å². The van der Waals surface area contributed by atoms with Crippen molar-refractivity contribution in [3.05, 3.63) is 23.3 Å².